The van der Waals surface area contributed by atoms with Crippen LogP contribution in [0.5, 0.6) is 0 Å². The minimum Gasteiger partial charge on any atom is -0.368 e. The molecule has 0 saturated carbocycles. The van der Waals surface area contributed by atoms with Crippen molar-refractivity contribution in [2.75, 3.05) is 11.9 Å². The van der Waals surface area contributed by atoms with E-state index in [2.05, 4.69) is 15.3 Å². The number of hydrogen-bond acceptors (Lipinski definition) is 5. The maximum atomic E-state index is 12.9. The van der Waals surface area contributed by atoms with E-state index in [9.17, 15) is 13.2 Å². The molecule has 9 heteroatoms. The number of alkyl halides is 3. The van der Waals surface area contributed by atoms with E-state index in [1.807, 2.05) is 6.07 Å². The van der Waals surface area contributed by atoms with Crippen LogP contribution in [0.1, 0.15) is 22.7 Å². The molecular weight excluding hydrogens is 403 g/mol. The number of nitrogens with two attached hydrogens (primary N) is 1. The van der Waals surface area contributed by atoms with E-state index in [0.717, 1.165) is 11.6 Å². The van der Waals surface area contributed by atoms with Crippen molar-refractivity contribution in [1.29, 1.82) is 5.26 Å². The first kappa shape index (κ1) is 20.6. The van der Waals surface area contributed by atoms with Crippen molar-refractivity contribution in [2.24, 2.45) is 5.73 Å². The number of aromatic nitrogens is 2. The molecule has 3 N–H and O–H groups in total. The van der Waals surface area contributed by atoms with Gasteiger partial charge in [0.05, 0.1) is 27.9 Å². The monoisotopic (exact) mass is 417 g/mol. The Morgan fingerprint density at radius 1 is 1.10 bits per heavy atom. The Morgan fingerprint density at radius 3 is 2.45 bits per heavy atom. The van der Waals surface area contributed by atoms with Gasteiger partial charge in [0.15, 0.2) is 0 Å². The summed E-state index contributed by atoms with van der Waals surface area (Å²) in [6.45, 7) is 0.357. The minimum absolute atomic E-state index is 0.346. The lowest BCUT2D eigenvalue weighted by Crippen LogP contribution is -2.21. The van der Waals surface area contributed by atoms with Crippen LogP contribution in [0.2, 0.25) is 5.02 Å². The normalized spacial score (nSPS) is 12.3. The average molecular weight is 418 g/mol. The predicted octanol–water partition coefficient (Wildman–Crippen LogP) is 4.80. The first-order valence-electron chi connectivity index (χ1n) is 8.46. The molecule has 0 aliphatic heterocycles. The van der Waals surface area contributed by atoms with E-state index in [1.54, 1.807) is 30.3 Å². The molecule has 3 rings (SSSR count). The predicted molar refractivity (Wildman–Crippen MR) is 104 cm³/mol. The molecule has 0 fully saturated rings. The van der Waals surface area contributed by atoms with E-state index in [1.165, 1.54) is 18.5 Å². The molecule has 0 bridgehead atoms. The van der Waals surface area contributed by atoms with E-state index >= 15 is 0 Å². The van der Waals surface area contributed by atoms with Crippen LogP contribution in [-0.4, -0.2) is 16.5 Å². The van der Waals surface area contributed by atoms with Crippen molar-refractivity contribution in [3.63, 3.8) is 0 Å². The van der Waals surface area contributed by atoms with Gasteiger partial charge in [-0.25, -0.2) is 9.97 Å². The molecule has 0 aliphatic carbocycles. The van der Waals surface area contributed by atoms with Gasteiger partial charge in [-0.05, 0) is 29.8 Å². The largest absolute Gasteiger partial charge is 0.417 e. The summed E-state index contributed by atoms with van der Waals surface area (Å²) in [6, 6.07) is 13.7. The van der Waals surface area contributed by atoms with Crippen molar-refractivity contribution < 1.29 is 13.2 Å². The van der Waals surface area contributed by atoms with Crippen molar-refractivity contribution >= 4 is 17.4 Å². The third kappa shape index (κ3) is 5.02. The first-order valence-corrected chi connectivity index (χ1v) is 8.84. The summed E-state index contributed by atoms with van der Waals surface area (Å²) < 4.78 is 38.6. The minimum atomic E-state index is -4.52. The number of benzene rings is 2. The van der Waals surface area contributed by atoms with Gasteiger partial charge in [-0.15, -0.1) is 0 Å². The molecule has 0 amide bonds. The van der Waals surface area contributed by atoms with Gasteiger partial charge in [0.2, 0.25) is 0 Å². The van der Waals surface area contributed by atoms with Gasteiger partial charge in [-0.1, -0.05) is 29.8 Å². The quantitative estimate of drug-likeness (QED) is 0.622. The summed E-state index contributed by atoms with van der Waals surface area (Å²) in [5.41, 5.74) is 7.50. The number of halogens is 4. The van der Waals surface area contributed by atoms with Crippen molar-refractivity contribution in [3.8, 4) is 17.3 Å². The van der Waals surface area contributed by atoms with E-state index < -0.39 is 16.8 Å². The molecule has 0 radical (unpaired) electrons. The zero-order valence-corrected chi connectivity index (χ0v) is 15.7. The first-order chi connectivity index (χ1) is 13.8. The molecule has 0 aliphatic rings. The molecular formula is C20H15ClF3N5. The van der Waals surface area contributed by atoms with Crippen LogP contribution in [0, 0.1) is 11.3 Å². The Balaban J connectivity index is 1.72. The van der Waals surface area contributed by atoms with Gasteiger partial charge >= 0.3 is 6.18 Å². The lowest BCUT2D eigenvalue weighted by atomic mass is 10.1. The van der Waals surface area contributed by atoms with Gasteiger partial charge in [0.25, 0.3) is 0 Å². The molecule has 1 heterocycles. The molecule has 1 unspecified atom stereocenters. The van der Waals surface area contributed by atoms with Gasteiger partial charge in [0.1, 0.15) is 12.1 Å². The molecule has 2 aromatic carbocycles. The van der Waals surface area contributed by atoms with Crippen molar-refractivity contribution in [3.05, 3.63) is 76.6 Å². The zero-order valence-electron chi connectivity index (χ0n) is 14.9. The van der Waals surface area contributed by atoms with Crippen LogP contribution in [0.15, 0.2) is 54.9 Å². The summed E-state index contributed by atoms with van der Waals surface area (Å²) in [6.07, 6.45) is -3.22. The smallest absolute Gasteiger partial charge is 0.368 e. The van der Waals surface area contributed by atoms with E-state index in [0.29, 0.717) is 29.2 Å². The maximum absolute atomic E-state index is 12.9. The van der Waals surface area contributed by atoms with Crippen LogP contribution in [0.4, 0.5) is 19.0 Å². The summed E-state index contributed by atoms with van der Waals surface area (Å²) >= 11 is 5.78. The lowest BCUT2D eigenvalue weighted by Gasteiger charge is -2.14. The van der Waals surface area contributed by atoms with Crippen molar-refractivity contribution in [2.45, 2.75) is 12.2 Å². The third-order valence-corrected chi connectivity index (χ3v) is 4.52. The second-order valence-corrected chi connectivity index (χ2v) is 6.61. The molecule has 3 aromatic rings. The van der Waals surface area contributed by atoms with Crippen LogP contribution < -0.4 is 11.1 Å². The zero-order chi connectivity index (χ0) is 21.0. The number of hydrogen-bond donors (Lipinski definition) is 2. The highest BCUT2D eigenvalue weighted by atomic mass is 35.5. The van der Waals surface area contributed by atoms with Gasteiger partial charge in [0, 0.05) is 24.2 Å². The summed E-state index contributed by atoms with van der Waals surface area (Å²) in [7, 11) is 0. The fraction of sp³-hybridized carbons (Fsp3) is 0.150. The number of anilines is 1. The number of nitrogens with one attached hydrogen (secondary N) is 1. The molecule has 148 valence electrons. The Morgan fingerprint density at radius 2 is 1.83 bits per heavy atom. The highest BCUT2D eigenvalue weighted by Gasteiger charge is 2.33. The summed E-state index contributed by atoms with van der Waals surface area (Å²) in [5, 5.41) is 11.5. The SMILES string of the molecule is N#Cc1ccc(C(N)CNc2cc(-c3ccc(C(F)(F)F)c(Cl)c3)ncn2)cc1. The Kier molecular flexibility index (Phi) is 6.01. The van der Waals surface area contributed by atoms with Gasteiger partial charge in [-0.2, -0.15) is 18.4 Å². The van der Waals surface area contributed by atoms with Gasteiger partial charge in [-0.3, -0.25) is 0 Å². The standard InChI is InChI=1S/C20H15ClF3N5/c21-16-7-14(5-6-15(16)20(22,23)24)18-8-19(29-11-28-18)27-10-17(26)13-3-1-12(9-25)2-4-13/h1-8,11,17H,10,26H2,(H,27,28,29). The van der Waals surface area contributed by atoms with E-state index in [4.69, 9.17) is 22.6 Å². The molecule has 0 saturated heterocycles. The molecule has 29 heavy (non-hydrogen) atoms. The Bertz CT molecular complexity index is 1050. The topological polar surface area (TPSA) is 87.6 Å². The van der Waals surface area contributed by atoms with Crippen LogP contribution in [0.25, 0.3) is 11.3 Å². The van der Waals surface area contributed by atoms with Crippen LogP contribution in [-0.2, 0) is 6.18 Å². The average Bonchev–Trinajstić information content (AvgIpc) is 2.71. The third-order valence-electron chi connectivity index (χ3n) is 4.21. The second-order valence-electron chi connectivity index (χ2n) is 6.20. The molecule has 1 aromatic heterocycles. The number of nitrogens with zero attached hydrogens (tertiary/aromatic N) is 3. The van der Waals surface area contributed by atoms with E-state index in [-0.39, 0.29) is 6.04 Å². The summed E-state index contributed by atoms with van der Waals surface area (Å²) in [5.74, 6) is 0.468. The molecule has 1 atom stereocenters. The number of rotatable bonds is 5. The van der Waals surface area contributed by atoms with Gasteiger partial charge < -0.3 is 11.1 Å². The Hall–Kier alpha value is -3.15. The van der Waals surface area contributed by atoms with Crippen molar-refractivity contribution in [1.82, 2.24) is 9.97 Å². The van der Waals surface area contributed by atoms with Crippen LogP contribution >= 0.6 is 11.6 Å². The summed E-state index contributed by atoms with van der Waals surface area (Å²) in [4.78, 5) is 8.20. The molecule has 5 nitrogen and oxygen atoms in total. The fourth-order valence-corrected chi connectivity index (χ4v) is 2.94. The Labute approximate surface area is 170 Å². The highest BCUT2D eigenvalue weighted by molar-refractivity contribution is 6.31. The maximum Gasteiger partial charge on any atom is 0.417 e. The van der Waals surface area contributed by atoms with Crippen LogP contribution in [0.3, 0.4) is 0 Å². The fourth-order valence-electron chi connectivity index (χ4n) is 2.65. The number of nitriles is 1. The molecule has 0 spiro atoms. The lowest BCUT2D eigenvalue weighted by molar-refractivity contribution is -0.137. The second kappa shape index (κ2) is 8.47. The highest BCUT2D eigenvalue weighted by Crippen LogP contribution is 2.36.